The molecule has 1 aromatic carbocycles. The zero-order valence-corrected chi connectivity index (χ0v) is 13.8. The lowest BCUT2D eigenvalue weighted by atomic mass is 10.1. The minimum Gasteiger partial charge on any atom is -0.343 e. The Morgan fingerprint density at radius 3 is 2.80 bits per heavy atom. The number of carbonyl (C=O) groups excluding carboxylic acids is 1. The molecule has 0 bridgehead atoms. The van der Waals surface area contributed by atoms with Crippen LogP contribution in [0.4, 0.5) is 0 Å². The fraction of sp³-hybridized carbons (Fsp3) is 0.333. The standard InChI is InChI=1S/C18H19N5O2/c24-18(15-10-12-23(20-15)14-7-3-1-4-8-14)22-11-6-2-5-9-16(22)17-19-13-25-21-17/h1,3-4,7-8,10,12-13,16H,2,5-6,9,11H2/t16-/m1/s1. The van der Waals surface area contributed by atoms with E-state index in [0.717, 1.165) is 31.4 Å². The molecule has 1 amide bonds. The van der Waals surface area contributed by atoms with Crippen molar-refractivity contribution in [2.45, 2.75) is 31.7 Å². The fourth-order valence-corrected chi connectivity index (χ4v) is 3.26. The van der Waals surface area contributed by atoms with Crippen molar-refractivity contribution in [1.82, 2.24) is 24.8 Å². The van der Waals surface area contributed by atoms with E-state index in [-0.39, 0.29) is 11.9 Å². The average molecular weight is 337 g/mol. The zero-order chi connectivity index (χ0) is 17.1. The van der Waals surface area contributed by atoms with Gasteiger partial charge in [0.15, 0.2) is 11.5 Å². The maximum atomic E-state index is 13.1. The molecule has 4 rings (SSSR count). The first-order chi connectivity index (χ1) is 12.3. The van der Waals surface area contributed by atoms with Gasteiger partial charge in [-0.3, -0.25) is 4.79 Å². The van der Waals surface area contributed by atoms with Crippen LogP contribution in [0.3, 0.4) is 0 Å². The van der Waals surface area contributed by atoms with Gasteiger partial charge in [-0.15, -0.1) is 0 Å². The van der Waals surface area contributed by atoms with Crippen LogP contribution in [0.1, 0.15) is 48.0 Å². The van der Waals surface area contributed by atoms with Crippen LogP contribution in [-0.2, 0) is 0 Å². The van der Waals surface area contributed by atoms with Gasteiger partial charge in [-0.2, -0.15) is 10.1 Å². The summed E-state index contributed by atoms with van der Waals surface area (Å²) >= 11 is 0. The van der Waals surface area contributed by atoms with Gasteiger partial charge < -0.3 is 9.42 Å². The summed E-state index contributed by atoms with van der Waals surface area (Å²) in [5.74, 6) is 0.476. The SMILES string of the molecule is O=C(c1ccn(-c2ccccc2)n1)N1CCCCC[C@@H]1c1ncon1. The van der Waals surface area contributed by atoms with Crippen LogP contribution in [0.15, 0.2) is 53.5 Å². The van der Waals surface area contributed by atoms with E-state index in [2.05, 4.69) is 15.2 Å². The van der Waals surface area contributed by atoms with Gasteiger partial charge in [0.05, 0.1) is 11.7 Å². The lowest BCUT2D eigenvalue weighted by molar-refractivity contribution is 0.0664. The highest BCUT2D eigenvalue weighted by Crippen LogP contribution is 2.29. The fourth-order valence-electron chi connectivity index (χ4n) is 3.26. The highest BCUT2D eigenvalue weighted by Gasteiger charge is 2.31. The van der Waals surface area contributed by atoms with E-state index in [1.54, 1.807) is 10.7 Å². The van der Waals surface area contributed by atoms with Crippen LogP contribution in [0.5, 0.6) is 0 Å². The molecule has 25 heavy (non-hydrogen) atoms. The molecule has 3 aromatic rings. The Hall–Kier alpha value is -2.96. The quantitative estimate of drug-likeness (QED) is 0.734. The molecule has 128 valence electrons. The van der Waals surface area contributed by atoms with Gasteiger partial charge in [0.1, 0.15) is 0 Å². The third-order valence-electron chi connectivity index (χ3n) is 4.52. The molecule has 0 spiro atoms. The van der Waals surface area contributed by atoms with Crippen molar-refractivity contribution in [2.24, 2.45) is 0 Å². The number of hydrogen-bond acceptors (Lipinski definition) is 5. The van der Waals surface area contributed by atoms with E-state index < -0.39 is 0 Å². The van der Waals surface area contributed by atoms with Gasteiger partial charge in [-0.25, -0.2) is 4.68 Å². The van der Waals surface area contributed by atoms with Gasteiger partial charge in [0.25, 0.3) is 5.91 Å². The van der Waals surface area contributed by atoms with Gasteiger partial charge in [0, 0.05) is 12.7 Å². The van der Waals surface area contributed by atoms with E-state index in [0.29, 0.717) is 18.1 Å². The molecule has 0 saturated carbocycles. The van der Waals surface area contributed by atoms with Crippen LogP contribution in [0.2, 0.25) is 0 Å². The molecule has 1 fully saturated rings. The number of likely N-dealkylation sites (tertiary alicyclic amines) is 1. The van der Waals surface area contributed by atoms with Gasteiger partial charge in [-0.05, 0) is 31.0 Å². The normalized spacial score (nSPS) is 18.1. The number of amides is 1. The first-order valence-corrected chi connectivity index (χ1v) is 8.51. The smallest absolute Gasteiger partial charge is 0.274 e. The van der Waals surface area contributed by atoms with Crippen molar-refractivity contribution < 1.29 is 9.32 Å². The van der Waals surface area contributed by atoms with Crippen LogP contribution in [0, 0.1) is 0 Å². The topological polar surface area (TPSA) is 77.0 Å². The Bertz CT molecular complexity index is 828. The molecule has 0 aliphatic carbocycles. The number of nitrogens with zero attached hydrogens (tertiary/aromatic N) is 5. The number of carbonyl (C=O) groups is 1. The van der Waals surface area contributed by atoms with Crippen molar-refractivity contribution in [3.8, 4) is 5.69 Å². The highest BCUT2D eigenvalue weighted by molar-refractivity contribution is 5.92. The second-order valence-corrected chi connectivity index (χ2v) is 6.13. The molecule has 2 aromatic heterocycles. The van der Waals surface area contributed by atoms with Crippen LogP contribution in [-0.4, -0.2) is 37.3 Å². The highest BCUT2D eigenvalue weighted by atomic mass is 16.5. The van der Waals surface area contributed by atoms with Crippen molar-refractivity contribution in [2.75, 3.05) is 6.54 Å². The minimum absolute atomic E-state index is 0.0913. The largest absolute Gasteiger partial charge is 0.343 e. The molecule has 1 atom stereocenters. The molecule has 7 heteroatoms. The molecule has 0 N–H and O–H groups in total. The Morgan fingerprint density at radius 1 is 1.12 bits per heavy atom. The zero-order valence-electron chi connectivity index (χ0n) is 13.8. The summed E-state index contributed by atoms with van der Waals surface area (Å²) in [5.41, 5.74) is 1.35. The Kier molecular flexibility index (Phi) is 4.28. The number of hydrogen-bond donors (Lipinski definition) is 0. The van der Waals surface area contributed by atoms with Crippen molar-refractivity contribution in [1.29, 1.82) is 0 Å². The molecular formula is C18H19N5O2. The average Bonchev–Trinajstić information content (AvgIpc) is 3.30. The van der Waals surface area contributed by atoms with Crippen LogP contribution in [0.25, 0.3) is 5.69 Å². The van der Waals surface area contributed by atoms with Crippen LogP contribution < -0.4 is 0 Å². The molecule has 3 heterocycles. The van der Waals surface area contributed by atoms with E-state index in [1.807, 2.05) is 41.4 Å². The molecule has 0 unspecified atom stereocenters. The number of rotatable bonds is 3. The summed E-state index contributed by atoms with van der Waals surface area (Å²) < 4.78 is 6.60. The Labute approximate surface area is 145 Å². The lowest BCUT2D eigenvalue weighted by Gasteiger charge is -2.27. The number of para-hydroxylation sites is 1. The van der Waals surface area contributed by atoms with Crippen molar-refractivity contribution in [3.63, 3.8) is 0 Å². The van der Waals surface area contributed by atoms with Crippen LogP contribution >= 0.6 is 0 Å². The summed E-state index contributed by atoms with van der Waals surface area (Å²) in [4.78, 5) is 19.1. The Balaban J connectivity index is 1.61. The predicted octanol–water partition coefficient (Wildman–Crippen LogP) is 3.01. The second kappa shape index (κ2) is 6.88. The molecule has 1 aliphatic heterocycles. The maximum absolute atomic E-state index is 13.1. The Morgan fingerprint density at radius 2 is 2.00 bits per heavy atom. The predicted molar refractivity (Wildman–Crippen MR) is 90.1 cm³/mol. The third-order valence-corrected chi connectivity index (χ3v) is 4.52. The lowest BCUT2D eigenvalue weighted by Crippen LogP contribution is -2.35. The summed E-state index contributed by atoms with van der Waals surface area (Å²) in [5, 5.41) is 8.42. The van der Waals surface area contributed by atoms with Crippen molar-refractivity contribution in [3.05, 3.63) is 60.5 Å². The van der Waals surface area contributed by atoms with Gasteiger partial charge in [0.2, 0.25) is 6.39 Å². The maximum Gasteiger partial charge on any atom is 0.274 e. The summed E-state index contributed by atoms with van der Waals surface area (Å²) in [6.07, 6.45) is 7.07. The second-order valence-electron chi connectivity index (χ2n) is 6.13. The summed E-state index contributed by atoms with van der Waals surface area (Å²) in [6, 6.07) is 11.3. The third kappa shape index (κ3) is 3.17. The molecule has 7 nitrogen and oxygen atoms in total. The molecule has 0 radical (unpaired) electrons. The molecular weight excluding hydrogens is 318 g/mol. The summed E-state index contributed by atoms with van der Waals surface area (Å²) in [7, 11) is 0. The van der Waals surface area contributed by atoms with Gasteiger partial charge >= 0.3 is 0 Å². The van der Waals surface area contributed by atoms with E-state index in [1.165, 1.54) is 6.39 Å². The first kappa shape index (κ1) is 15.6. The van der Waals surface area contributed by atoms with Crippen molar-refractivity contribution >= 4 is 5.91 Å². The number of aromatic nitrogens is 4. The monoisotopic (exact) mass is 337 g/mol. The minimum atomic E-state index is -0.157. The van der Waals surface area contributed by atoms with E-state index in [4.69, 9.17) is 4.52 Å². The summed E-state index contributed by atoms with van der Waals surface area (Å²) in [6.45, 7) is 0.677. The van der Waals surface area contributed by atoms with Gasteiger partial charge in [-0.1, -0.05) is 36.2 Å². The van der Waals surface area contributed by atoms with E-state index in [9.17, 15) is 4.79 Å². The first-order valence-electron chi connectivity index (χ1n) is 8.51. The molecule has 1 saturated heterocycles. The molecule has 1 aliphatic rings. The van der Waals surface area contributed by atoms with E-state index >= 15 is 0 Å². The number of benzene rings is 1.